The number of hydrogen-bond acceptors (Lipinski definition) is 4. The normalized spacial score (nSPS) is 17.2. The fourth-order valence-corrected chi connectivity index (χ4v) is 2.16. The quantitative estimate of drug-likeness (QED) is 0.857. The Bertz CT molecular complexity index is 503. The van der Waals surface area contributed by atoms with Crippen LogP contribution in [0.5, 0.6) is 0 Å². The minimum absolute atomic E-state index is 0.460. The molecule has 17 heavy (non-hydrogen) atoms. The van der Waals surface area contributed by atoms with Crippen molar-refractivity contribution in [3.63, 3.8) is 0 Å². The summed E-state index contributed by atoms with van der Waals surface area (Å²) in [6, 6.07) is 8.53. The van der Waals surface area contributed by atoms with Crippen LogP contribution in [-0.4, -0.2) is 29.2 Å². The first-order valence-corrected chi connectivity index (χ1v) is 5.97. The number of fused-ring (bicyclic) bond motifs is 1. The second-order valence-electron chi connectivity index (χ2n) is 4.27. The number of nitrogens with one attached hydrogen (secondary N) is 1. The molecular formula is C13H15N3O. The molecule has 1 aromatic heterocycles. The fraction of sp³-hybridized carbons (Fsp3) is 0.385. The summed E-state index contributed by atoms with van der Waals surface area (Å²) in [5.74, 6) is 0.933. The van der Waals surface area contributed by atoms with Crippen LogP contribution in [0.3, 0.4) is 0 Å². The van der Waals surface area contributed by atoms with Crippen molar-refractivity contribution < 1.29 is 4.74 Å². The van der Waals surface area contributed by atoms with Crippen LogP contribution in [0.25, 0.3) is 10.9 Å². The number of para-hydroxylation sites is 1. The molecule has 0 aliphatic carbocycles. The van der Waals surface area contributed by atoms with Crippen LogP contribution in [0.15, 0.2) is 30.6 Å². The van der Waals surface area contributed by atoms with E-state index in [9.17, 15) is 0 Å². The van der Waals surface area contributed by atoms with E-state index in [1.807, 2.05) is 18.2 Å². The largest absolute Gasteiger partial charge is 0.381 e. The smallest absolute Gasteiger partial charge is 0.137 e. The highest BCUT2D eigenvalue weighted by molar-refractivity contribution is 5.88. The Balaban J connectivity index is 1.89. The third-order valence-electron chi connectivity index (χ3n) is 3.10. The Kier molecular flexibility index (Phi) is 2.88. The van der Waals surface area contributed by atoms with Gasteiger partial charge in [0.05, 0.1) is 5.52 Å². The van der Waals surface area contributed by atoms with Crippen molar-refractivity contribution in [1.82, 2.24) is 9.97 Å². The van der Waals surface area contributed by atoms with E-state index in [4.69, 9.17) is 4.74 Å². The molecule has 0 bridgehead atoms. The third kappa shape index (κ3) is 2.22. The van der Waals surface area contributed by atoms with Crippen molar-refractivity contribution >= 4 is 16.7 Å². The lowest BCUT2D eigenvalue weighted by molar-refractivity contribution is 0.0904. The second kappa shape index (κ2) is 4.67. The zero-order chi connectivity index (χ0) is 11.5. The van der Waals surface area contributed by atoms with Gasteiger partial charge in [0.1, 0.15) is 12.1 Å². The number of benzene rings is 1. The lowest BCUT2D eigenvalue weighted by atomic mass is 10.1. The minimum atomic E-state index is 0.460. The van der Waals surface area contributed by atoms with E-state index in [1.54, 1.807) is 6.33 Å². The maximum Gasteiger partial charge on any atom is 0.137 e. The molecule has 88 valence electrons. The average molecular weight is 229 g/mol. The van der Waals surface area contributed by atoms with Gasteiger partial charge in [0.15, 0.2) is 0 Å². The molecule has 0 saturated carbocycles. The first-order chi connectivity index (χ1) is 8.43. The van der Waals surface area contributed by atoms with Crippen LogP contribution in [0.2, 0.25) is 0 Å². The molecule has 1 N–H and O–H groups in total. The molecule has 4 heteroatoms. The van der Waals surface area contributed by atoms with Crippen LogP contribution in [-0.2, 0) is 4.74 Å². The SMILES string of the molecule is c1ccc2c(NC3CCOCC3)ncnc2c1. The highest BCUT2D eigenvalue weighted by Crippen LogP contribution is 2.21. The molecular weight excluding hydrogens is 214 g/mol. The number of ether oxygens (including phenoxy) is 1. The summed E-state index contributed by atoms with van der Waals surface area (Å²) in [5.41, 5.74) is 0.983. The first kappa shape index (κ1) is 10.5. The summed E-state index contributed by atoms with van der Waals surface area (Å²) in [5, 5.41) is 4.58. The molecule has 4 nitrogen and oxygen atoms in total. The average Bonchev–Trinajstić information content (AvgIpc) is 2.40. The Morgan fingerprint density at radius 3 is 2.82 bits per heavy atom. The van der Waals surface area contributed by atoms with Gasteiger partial charge in [-0.2, -0.15) is 0 Å². The van der Waals surface area contributed by atoms with Crippen molar-refractivity contribution in [2.75, 3.05) is 18.5 Å². The summed E-state index contributed by atoms with van der Waals surface area (Å²) in [6.45, 7) is 1.67. The summed E-state index contributed by atoms with van der Waals surface area (Å²) in [7, 11) is 0. The first-order valence-electron chi connectivity index (χ1n) is 5.97. The van der Waals surface area contributed by atoms with Crippen molar-refractivity contribution in [3.05, 3.63) is 30.6 Å². The maximum atomic E-state index is 5.35. The zero-order valence-corrected chi connectivity index (χ0v) is 9.60. The van der Waals surface area contributed by atoms with Gasteiger partial charge in [0.25, 0.3) is 0 Å². The van der Waals surface area contributed by atoms with Crippen molar-refractivity contribution in [2.45, 2.75) is 18.9 Å². The molecule has 0 unspecified atom stereocenters. The summed E-state index contributed by atoms with van der Waals surface area (Å²) in [6.07, 6.45) is 3.70. The number of hydrogen-bond donors (Lipinski definition) is 1. The van der Waals surface area contributed by atoms with Gasteiger partial charge in [-0.3, -0.25) is 0 Å². The van der Waals surface area contributed by atoms with E-state index < -0.39 is 0 Å². The topological polar surface area (TPSA) is 47.0 Å². The van der Waals surface area contributed by atoms with Gasteiger partial charge in [0, 0.05) is 24.6 Å². The lowest BCUT2D eigenvalue weighted by Gasteiger charge is -2.24. The predicted octanol–water partition coefficient (Wildman–Crippen LogP) is 2.22. The van der Waals surface area contributed by atoms with E-state index >= 15 is 0 Å². The van der Waals surface area contributed by atoms with Crippen LogP contribution in [0.4, 0.5) is 5.82 Å². The Labute approximate surface area is 100 Å². The van der Waals surface area contributed by atoms with Gasteiger partial charge >= 0.3 is 0 Å². The monoisotopic (exact) mass is 229 g/mol. The lowest BCUT2D eigenvalue weighted by Crippen LogP contribution is -2.28. The Morgan fingerprint density at radius 1 is 1.12 bits per heavy atom. The van der Waals surface area contributed by atoms with Gasteiger partial charge < -0.3 is 10.1 Å². The summed E-state index contributed by atoms with van der Waals surface area (Å²) < 4.78 is 5.35. The molecule has 1 aliphatic heterocycles. The third-order valence-corrected chi connectivity index (χ3v) is 3.10. The standard InChI is InChI=1S/C13H15N3O/c1-2-4-12-11(3-1)13(15-9-14-12)16-10-5-7-17-8-6-10/h1-4,9-10H,5-8H2,(H,14,15,16). The molecule has 2 aromatic rings. The molecule has 1 aromatic carbocycles. The molecule has 1 fully saturated rings. The van der Waals surface area contributed by atoms with E-state index in [0.29, 0.717) is 6.04 Å². The zero-order valence-electron chi connectivity index (χ0n) is 9.60. The Morgan fingerprint density at radius 2 is 1.94 bits per heavy atom. The number of anilines is 1. The number of aromatic nitrogens is 2. The molecule has 3 rings (SSSR count). The fourth-order valence-electron chi connectivity index (χ4n) is 2.16. The maximum absolute atomic E-state index is 5.35. The van der Waals surface area contributed by atoms with Crippen LogP contribution < -0.4 is 5.32 Å². The van der Waals surface area contributed by atoms with Gasteiger partial charge in [-0.05, 0) is 25.0 Å². The molecule has 1 saturated heterocycles. The molecule has 0 atom stereocenters. The van der Waals surface area contributed by atoms with Crippen molar-refractivity contribution in [3.8, 4) is 0 Å². The van der Waals surface area contributed by atoms with Crippen LogP contribution >= 0.6 is 0 Å². The van der Waals surface area contributed by atoms with Crippen molar-refractivity contribution in [2.24, 2.45) is 0 Å². The van der Waals surface area contributed by atoms with Crippen LogP contribution in [0.1, 0.15) is 12.8 Å². The van der Waals surface area contributed by atoms with E-state index in [0.717, 1.165) is 42.8 Å². The van der Waals surface area contributed by atoms with E-state index in [-0.39, 0.29) is 0 Å². The van der Waals surface area contributed by atoms with Gasteiger partial charge in [0.2, 0.25) is 0 Å². The predicted molar refractivity (Wildman–Crippen MR) is 67.0 cm³/mol. The molecule has 2 heterocycles. The molecule has 0 radical (unpaired) electrons. The highest BCUT2D eigenvalue weighted by atomic mass is 16.5. The Hall–Kier alpha value is -1.68. The van der Waals surface area contributed by atoms with Crippen LogP contribution in [0, 0.1) is 0 Å². The molecule has 0 spiro atoms. The minimum Gasteiger partial charge on any atom is -0.381 e. The number of nitrogens with zero attached hydrogens (tertiary/aromatic N) is 2. The summed E-state index contributed by atoms with van der Waals surface area (Å²) in [4.78, 5) is 8.60. The highest BCUT2D eigenvalue weighted by Gasteiger charge is 2.14. The van der Waals surface area contributed by atoms with Crippen molar-refractivity contribution in [1.29, 1.82) is 0 Å². The van der Waals surface area contributed by atoms with Gasteiger partial charge in [-0.15, -0.1) is 0 Å². The summed E-state index contributed by atoms with van der Waals surface area (Å²) >= 11 is 0. The van der Waals surface area contributed by atoms with E-state index in [2.05, 4.69) is 21.4 Å². The van der Waals surface area contributed by atoms with Gasteiger partial charge in [-0.25, -0.2) is 9.97 Å². The molecule has 1 aliphatic rings. The van der Waals surface area contributed by atoms with E-state index in [1.165, 1.54) is 0 Å². The molecule has 0 amide bonds. The van der Waals surface area contributed by atoms with Gasteiger partial charge in [-0.1, -0.05) is 12.1 Å². The number of rotatable bonds is 2. The second-order valence-corrected chi connectivity index (χ2v) is 4.27.